The summed E-state index contributed by atoms with van der Waals surface area (Å²) in [5.74, 6) is -0.548. The van der Waals surface area contributed by atoms with Crippen molar-refractivity contribution in [1.29, 1.82) is 0 Å². The Balaban J connectivity index is 1.67. The van der Waals surface area contributed by atoms with Crippen molar-refractivity contribution in [2.45, 2.75) is 37.5 Å². The molecule has 1 aliphatic carbocycles. The molecule has 1 aromatic heterocycles. The lowest BCUT2D eigenvalue weighted by molar-refractivity contribution is -0.114. The first kappa shape index (κ1) is 25.7. The molecule has 0 fully saturated rings. The van der Waals surface area contributed by atoms with Crippen LogP contribution in [0.2, 0.25) is 0 Å². The van der Waals surface area contributed by atoms with E-state index in [1.807, 2.05) is 6.92 Å². The van der Waals surface area contributed by atoms with Gasteiger partial charge in [-0.3, -0.25) is 9.10 Å². The van der Waals surface area contributed by atoms with Crippen molar-refractivity contribution in [2.75, 3.05) is 30.4 Å². The Labute approximate surface area is 214 Å². The van der Waals surface area contributed by atoms with E-state index in [-0.39, 0.29) is 4.90 Å². The fourth-order valence-corrected chi connectivity index (χ4v) is 6.88. The number of nitrogens with one attached hydrogen (secondary N) is 1. The quantitative estimate of drug-likeness (QED) is 0.430. The highest BCUT2D eigenvalue weighted by atomic mass is 32.2. The van der Waals surface area contributed by atoms with Crippen molar-refractivity contribution in [2.24, 2.45) is 0 Å². The number of esters is 1. The van der Waals surface area contributed by atoms with E-state index in [2.05, 4.69) is 5.32 Å². The van der Waals surface area contributed by atoms with Crippen LogP contribution in [0.3, 0.4) is 0 Å². The first-order valence-electron chi connectivity index (χ1n) is 11.5. The number of amides is 1. The minimum absolute atomic E-state index is 0.0264. The molecule has 1 N–H and O–H groups in total. The summed E-state index contributed by atoms with van der Waals surface area (Å²) >= 11 is 1.35. The van der Waals surface area contributed by atoms with Crippen molar-refractivity contribution < 1.29 is 27.5 Å². The van der Waals surface area contributed by atoms with Gasteiger partial charge in [-0.2, -0.15) is 0 Å². The van der Waals surface area contributed by atoms with Crippen LogP contribution >= 0.6 is 11.3 Å². The normalized spacial score (nSPS) is 13.0. The summed E-state index contributed by atoms with van der Waals surface area (Å²) in [7, 11) is -1.28. The molecule has 3 aromatic rings. The van der Waals surface area contributed by atoms with Crippen molar-refractivity contribution in [3.63, 3.8) is 0 Å². The standard InChI is InChI=1S/C26H28N2O6S2/c1-17-8-10-18(11-9-17)28(36(31,32)20-14-12-19(33-2)13-15-20)16-23(29)27-25-24(26(30)34-3)21-6-4-5-7-22(21)35-25/h8-15H,4-7,16H2,1-3H3,(H,27,29). The lowest BCUT2D eigenvalue weighted by atomic mass is 9.95. The average Bonchev–Trinajstić information content (AvgIpc) is 3.25. The van der Waals surface area contributed by atoms with Crippen LogP contribution in [0, 0.1) is 6.92 Å². The molecule has 0 radical (unpaired) electrons. The second-order valence-corrected chi connectivity index (χ2v) is 11.4. The highest BCUT2D eigenvalue weighted by Crippen LogP contribution is 2.38. The Hall–Kier alpha value is -3.37. The van der Waals surface area contributed by atoms with Crippen LogP contribution in [0.5, 0.6) is 5.75 Å². The van der Waals surface area contributed by atoms with E-state index in [0.717, 1.165) is 46.0 Å². The third-order valence-electron chi connectivity index (χ3n) is 6.07. The van der Waals surface area contributed by atoms with Gasteiger partial charge in [-0.05, 0) is 74.6 Å². The second-order valence-electron chi connectivity index (χ2n) is 8.48. The number of fused-ring (bicyclic) bond motifs is 1. The molecule has 0 unspecified atom stereocenters. The SMILES string of the molecule is COC(=O)c1c(NC(=O)CN(c2ccc(C)cc2)S(=O)(=O)c2ccc(OC)cc2)sc2c1CCCC2. The minimum atomic E-state index is -4.08. The van der Waals surface area contributed by atoms with Gasteiger partial charge in [0.15, 0.2) is 0 Å². The van der Waals surface area contributed by atoms with Gasteiger partial charge in [-0.1, -0.05) is 17.7 Å². The third kappa shape index (κ3) is 5.24. The molecule has 1 amide bonds. The first-order valence-corrected chi connectivity index (χ1v) is 13.8. The van der Waals surface area contributed by atoms with Crippen molar-refractivity contribution in [3.05, 3.63) is 70.1 Å². The van der Waals surface area contributed by atoms with Gasteiger partial charge < -0.3 is 14.8 Å². The topological polar surface area (TPSA) is 102 Å². The smallest absolute Gasteiger partial charge is 0.341 e. The predicted molar refractivity (Wildman–Crippen MR) is 140 cm³/mol. The van der Waals surface area contributed by atoms with Gasteiger partial charge in [0.25, 0.3) is 10.0 Å². The fraction of sp³-hybridized carbons (Fsp3) is 0.308. The fourth-order valence-electron chi connectivity index (χ4n) is 4.17. The van der Waals surface area contributed by atoms with Crippen molar-refractivity contribution in [3.8, 4) is 5.75 Å². The summed E-state index contributed by atoms with van der Waals surface area (Å²) in [6.07, 6.45) is 3.56. The number of methoxy groups -OCH3 is 2. The lowest BCUT2D eigenvalue weighted by Gasteiger charge is -2.24. The molecule has 0 saturated heterocycles. The summed E-state index contributed by atoms with van der Waals surface area (Å²) in [6.45, 7) is 1.42. The van der Waals surface area contributed by atoms with Gasteiger partial charge in [-0.15, -0.1) is 11.3 Å². The maximum atomic E-state index is 13.6. The number of benzene rings is 2. The monoisotopic (exact) mass is 528 g/mol. The molecule has 10 heteroatoms. The van der Waals surface area contributed by atoms with Gasteiger partial charge in [0.2, 0.25) is 5.91 Å². The Morgan fingerprint density at radius 1 is 1.00 bits per heavy atom. The highest BCUT2D eigenvalue weighted by Gasteiger charge is 2.30. The number of aryl methyl sites for hydroxylation is 2. The Bertz CT molecular complexity index is 1360. The Morgan fingerprint density at radius 2 is 1.67 bits per heavy atom. The van der Waals surface area contributed by atoms with Gasteiger partial charge >= 0.3 is 5.97 Å². The number of hydrogen-bond acceptors (Lipinski definition) is 7. The van der Waals surface area contributed by atoms with Gasteiger partial charge in [-0.25, -0.2) is 13.2 Å². The van der Waals surface area contributed by atoms with Crippen LogP contribution in [0.1, 0.15) is 39.2 Å². The molecule has 0 bridgehead atoms. The molecule has 0 atom stereocenters. The molecule has 1 aliphatic rings. The number of sulfonamides is 1. The molecule has 36 heavy (non-hydrogen) atoms. The van der Waals surface area contributed by atoms with Crippen LogP contribution in [-0.4, -0.2) is 41.1 Å². The Morgan fingerprint density at radius 3 is 2.31 bits per heavy atom. The average molecular weight is 529 g/mol. The number of anilines is 2. The lowest BCUT2D eigenvalue weighted by Crippen LogP contribution is -2.38. The zero-order valence-electron chi connectivity index (χ0n) is 20.4. The van der Waals surface area contributed by atoms with E-state index in [9.17, 15) is 18.0 Å². The van der Waals surface area contributed by atoms with E-state index < -0.39 is 28.4 Å². The molecule has 1 heterocycles. The number of nitrogens with zero attached hydrogens (tertiary/aromatic N) is 1. The Kier molecular flexibility index (Phi) is 7.65. The third-order valence-corrected chi connectivity index (χ3v) is 9.07. The predicted octanol–water partition coefficient (Wildman–Crippen LogP) is 4.56. The van der Waals surface area contributed by atoms with Crippen LogP contribution in [-0.2, 0) is 32.4 Å². The molecule has 8 nitrogen and oxygen atoms in total. The van der Waals surface area contributed by atoms with Crippen LogP contribution in [0.15, 0.2) is 53.4 Å². The summed E-state index contributed by atoms with van der Waals surface area (Å²) < 4.78 is 38.4. The van der Waals surface area contributed by atoms with Crippen LogP contribution in [0.4, 0.5) is 10.7 Å². The van der Waals surface area contributed by atoms with Crippen LogP contribution < -0.4 is 14.4 Å². The van der Waals surface area contributed by atoms with Gasteiger partial charge in [0.05, 0.1) is 30.4 Å². The minimum Gasteiger partial charge on any atom is -0.497 e. The van der Waals surface area contributed by atoms with Gasteiger partial charge in [0.1, 0.15) is 17.3 Å². The summed E-state index contributed by atoms with van der Waals surface area (Å²) in [4.78, 5) is 26.9. The highest BCUT2D eigenvalue weighted by molar-refractivity contribution is 7.92. The number of carbonyl (C=O) groups is 2. The van der Waals surface area contributed by atoms with Gasteiger partial charge in [0, 0.05) is 4.88 Å². The maximum absolute atomic E-state index is 13.6. The van der Waals surface area contributed by atoms with E-state index in [4.69, 9.17) is 9.47 Å². The molecule has 0 spiro atoms. The summed E-state index contributed by atoms with van der Waals surface area (Å²) in [5, 5.41) is 3.18. The second kappa shape index (κ2) is 10.7. The molecule has 190 valence electrons. The molecule has 4 rings (SSSR count). The van der Waals surface area contributed by atoms with Crippen molar-refractivity contribution in [1.82, 2.24) is 0 Å². The molecule has 2 aromatic carbocycles. The number of ether oxygens (including phenoxy) is 2. The number of hydrogen-bond donors (Lipinski definition) is 1. The number of carbonyl (C=O) groups excluding carboxylic acids is 2. The van der Waals surface area contributed by atoms with Crippen LogP contribution in [0.25, 0.3) is 0 Å². The zero-order valence-corrected chi connectivity index (χ0v) is 22.0. The summed E-state index contributed by atoms with van der Waals surface area (Å²) in [5.41, 5.74) is 2.59. The first-order chi connectivity index (χ1) is 17.2. The molecule has 0 saturated carbocycles. The number of rotatable bonds is 8. The summed E-state index contributed by atoms with van der Waals surface area (Å²) in [6, 6.07) is 12.9. The molecular weight excluding hydrogens is 500 g/mol. The molecular formula is C26H28N2O6S2. The van der Waals surface area contributed by atoms with E-state index in [0.29, 0.717) is 22.0 Å². The number of thiophene rings is 1. The maximum Gasteiger partial charge on any atom is 0.341 e. The van der Waals surface area contributed by atoms with E-state index >= 15 is 0 Å². The van der Waals surface area contributed by atoms with E-state index in [1.54, 1.807) is 36.4 Å². The van der Waals surface area contributed by atoms with E-state index in [1.165, 1.54) is 37.7 Å². The largest absolute Gasteiger partial charge is 0.497 e. The molecule has 0 aliphatic heterocycles. The van der Waals surface area contributed by atoms with Crippen molar-refractivity contribution >= 4 is 43.9 Å². The zero-order chi connectivity index (χ0) is 25.9.